The molecule has 2 heteroatoms. The van der Waals surface area contributed by atoms with Crippen LogP contribution in [0.3, 0.4) is 0 Å². The van der Waals surface area contributed by atoms with Crippen LogP contribution < -0.4 is 5.73 Å². The minimum atomic E-state index is 0.506. The molecule has 0 atom stereocenters. The maximum atomic E-state index is 5.62. The van der Waals surface area contributed by atoms with Crippen LogP contribution in [0.5, 0.6) is 0 Å². The molecule has 0 spiro atoms. The highest BCUT2D eigenvalue weighted by Gasteiger charge is 2.11. The van der Waals surface area contributed by atoms with Crippen LogP contribution >= 0.6 is 0 Å². The monoisotopic (exact) mass is 230 g/mol. The number of nitrogens with two attached hydrogens (primary N) is 1. The van der Waals surface area contributed by atoms with Crippen LogP contribution in [0.4, 0.5) is 0 Å². The Balaban J connectivity index is 2.59. The van der Waals surface area contributed by atoms with Crippen molar-refractivity contribution in [2.45, 2.75) is 39.7 Å². The van der Waals surface area contributed by atoms with E-state index in [1.165, 1.54) is 22.2 Å². The standard InChI is InChI=1S/C15H22N2/c1-11(2)17-12(3)10-14-7-4-6-13(15(14)17)8-5-9-16/h4,6-7,10-11H,5,8-9,16H2,1-3H3. The SMILES string of the molecule is Cc1cc2cccc(CCCN)c2n1C(C)C. The molecule has 92 valence electrons. The molecule has 0 aliphatic heterocycles. The molecular weight excluding hydrogens is 208 g/mol. The van der Waals surface area contributed by atoms with Crippen molar-refractivity contribution >= 4 is 10.9 Å². The van der Waals surface area contributed by atoms with E-state index in [0.717, 1.165) is 19.4 Å². The highest BCUT2D eigenvalue weighted by atomic mass is 15.0. The number of hydrogen-bond acceptors (Lipinski definition) is 1. The van der Waals surface area contributed by atoms with Gasteiger partial charge in [0.2, 0.25) is 0 Å². The zero-order valence-corrected chi connectivity index (χ0v) is 11.0. The van der Waals surface area contributed by atoms with Gasteiger partial charge in [-0.1, -0.05) is 18.2 Å². The summed E-state index contributed by atoms with van der Waals surface area (Å²) in [6.45, 7) is 7.43. The molecule has 0 fully saturated rings. The first kappa shape index (κ1) is 12.2. The molecule has 17 heavy (non-hydrogen) atoms. The Hall–Kier alpha value is -1.28. The van der Waals surface area contributed by atoms with Gasteiger partial charge in [0.15, 0.2) is 0 Å². The summed E-state index contributed by atoms with van der Waals surface area (Å²) < 4.78 is 2.43. The topological polar surface area (TPSA) is 30.9 Å². The molecule has 0 radical (unpaired) electrons. The zero-order chi connectivity index (χ0) is 12.4. The first-order valence-corrected chi connectivity index (χ1v) is 6.44. The van der Waals surface area contributed by atoms with Gasteiger partial charge in [0.05, 0.1) is 5.52 Å². The van der Waals surface area contributed by atoms with E-state index in [2.05, 4.69) is 49.6 Å². The van der Waals surface area contributed by atoms with Gasteiger partial charge in [0.25, 0.3) is 0 Å². The average Bonchev–Trinajstić information content (AvgIpc) is 2.62. The molecule has 2 nitrogen and oxygen atoms in total. The maximum absolute atomic E-state index is 5.62. The van der Waals surface area contributed by atoms with Crippen LogP contribution in [0.2, 0.25) is 0 Å². The van der Waals surface area contributed by atoms with E-state index in [9.17, 15) is 0 Å². The number of benzene rings is 1. The summed E-state index contributed by atoms with van der Waals surface area (Å²) in [5.74, 6) is 0. The van der Waals surface area contributed by atoms with Crippen molar-refractivity contribution in [2.75, 3.05) is 6.54 Å². The van der Waals surface area contributed by atoms with Gasteiger partial charge in [0.1, 0.15) is 0 Å². The second-order valence-corrected chi connectivity index (χ2v) is 5.00. The molecule has 0 bridgehead atoms. The third-order valence-electron chi connectivity index (χ3n) is 3.30. The van der Waals surface area contributed by atoms with Crippen molar-refractivity contribution in [2.24, 2.45) is 5.73 Å². The largest absolute Gasteiger partial charge is 0.342 e. The minimum absolute atomic E-state index is 0.506. The van der Waals surface area contributed by atoms with Crippen LogP contribution in [-0.4, -0.2) is 11.1 Å². The van der Waals surface area contributed by atoms with Crippen LogP contribution in [0, 0.1) is 6.92 Å². The molecule has 2 aromatic rings. The predicted molar refractivity (Wildman–Crippen MR) is 74.4 cm³/mol. The van der Waals surface area contributed by atoms with E-state index in [-0.39, 0.29) is 0 Å². The van der Waals surface area contributed by atoms with Crippen molar-refractivity contribution in [3.8, 4) is 0 Å². The maximum Gasteiger partial charge on any atom is 0.0517 e. The molecule has 1 aromatic carbocycles. The van der Waals surface area contributed by atoms with Gasteiger partial charge in [0, 0.05) is 17.1 Å². The quantitative estimate of drug-likeness (QED) is 0.857. The molecule has 0 aliphatic carbocycles. The van der Waals surface area contributed by atoms with Crippen molar-refractivity contribution in [1.82, 2.24) is 4.57 Å². The van der Waals surface area contributed by atoms with Gasteiger partial charge >= 0.3 is 0 Å². The van der Waals surface area contributed by atoms with Gasteiger partial charge in [-0.3, -0.25) is 0 Å². The second-order valence-electron chi connectivity index (χ2n) is 5.00. The van der Waals surface area contributed by atoms with Crippen molar-refractivity contribution in [1.29, 1.82) is 0 Å². The third-order valence-corrected chi connectivity index (χ3v) is 3.30. The van der Waals surface area contributed by atoms with Crippen LogP contribution in [0.1, 0.15) is 37.6 Å². The Morgan fingerprint density at radius 3 is 2.71 bits per heavy atom. The van der Waals surface area contributed by atoms with E-state index in [1.54, 1.807) is 0 Å². The lowest BCUT2D eigenvalue weighted by molar-refractivity contribution is 0.605. The van der Waals surface area contributed by atoms with Crippen molar-refractivity contribution in [3.05, 3.63) is 35.5 Å². The highest BCUT2D eigenvalue weighted by molar-refractivity contribution is 5.84. The number of para-hydroxylation sites is 1. The number of rotatable bonds is 4. The average molecular weight is 230 g/mol. The predicted octanol–water partition coefficient (Wildman–Crippen LogP) is 3.42. The Kier molecular flexibility index (Phi) is 3.53. The van der Waals surface area contributed by atoms with Crippen molar-refractivity contribution in [3.63, 3.8) is 0 Å². The lowest BCUT2D eigenvalue weighted by Crippen LogP contribution is -2.05. The first-order valence-electron chi connectivity index (χ1n) is 6.44. The summed E-state index contributed by atoms with van der Waals surface area (Å²) >= 11 is 0. The van der Waals surface area contributed by atoms with Crippen LogP contribution in [-0.2, 0) is 6.42 Å². The number of nitrogens with zero attached hydrogens (tertiary/aromatic N) is 1. The van der Waals surface area contributed by atoms with Gasteiger partial charge in [-0.15, -0.1) is 0 Å². The summed E-state index contributed by atoms with van der Waals surface area (Å²) in [6, 6.07) is 9.37. The fourth-order valence-corrected chi connectivity index (χ4v) is 2.65. The van der Waals surface area contributed by atoms with Crippen molar-refractivity contribution < 1.29 is 0 Å². The lowest BCUT2D eigenvalue weighted by atomic mass is 10.1. The Bertz CT molecular complexity index is 509. The molecular formula is C15H22N2. The summed E-state index contributed by atoms with van der Waals surface area (Å²) in [5.41, 5.74) is 9.78. The lowest BCUT2D eigenvalue weighted by Gasteiger charge is -2.15. The van der Waals surface area contributed by atoms with Gasteiger partial charge in [-0.05, 0) is 51.8 Å². The second kappa shape index (κ2) is 4.92. The molecule has 0 aliphatic rings. The van der Waals surface area contributed by atoms with E-state index >= 15 is 0 Å². The molecule has 0 amide bonds. The highest BCUT2D eigenvalue weighted by Crippen LogP contribution is 2.27. The molecule has 1 heterocycles. The van der Waals surface area contributed by atoms with Crippen LogP contribution in [0.15, 0.2) is 24.3 Å². The molecule has 0 unspecified atom stereocenters. The minimum Gasteiger partial charge on any atom is -0.342 e. The van der Waals surface area contributed by atoms with Crippen LogP contribution in [0.25, 0.3) is 10.9 Å². The van der Waals surface area contributed by atoms with E-state index in [1.807, 2.05) is 0 Å². The van der Waals surface area contributed by atoms with Gasteiger partial charge in [-0.2, -0.15) is 0 Å². The number of hydrogen-bond donors (Lipinski definition) is 1. The Morgan fingerprint density at radius 1 is 1.29 bits per heavy atom. The number of fused-ring (bicyclic) bond motifs is 1. The first-order chi connectivity index (χ1) is 8.15. The van der Waals surface area contributed by atoms with E-state index in [0.29, 0.717) is 6.04 Å². The fraction of sp³-hybridized carbons (Fsp3) is 0.467. The normalized spacial score (nSPS) is 11.6. The van der Waals surface area contributed by atoms with Gasteiger partial charge in [-0.25, -0.2) is 0 Å². The summed E-state index contributed by atoms with van der Waals surface area (Å²) in [7, 11) is 0. The molecule has 2 rings (SSSR count). The van der Waals surface area contributed by atoms with Gasteiger partial charge < -0.3 is 10.3 Å². The Labute approximate surface area is 103 Å². The molecule has 0 saturated carbocycles. The summed E-state index contributed by atoms with van der Waals surface area (Å²) in [4.78, 5) is 0. The van der Waals surface area contributed by atoms with E-state index < -0.39 is 0 Å². The molecule has 1 aromatic heterocycles. The Morgan fingerprint density at radius 2 is 2.06 bits per heavy atom. The zero-order valence-electron chi connectivity index (χ0n) is 11.0. The van der Waals surface area contributed by atoms with E-state index in [4.69, 9.17) is 5.73 Å². The summed E-state index contributed by atoms with van der Waals surface area (Å²) in [5, 5.41) is 1.35. The molecule has 2 N–H and O–H groups in total. The smallest absolute Gasteiger partial charge is 0.0517 e. The number of aromatic nitrogens is 1. The fourth-order valence-electron chi connectivity index (χ4n) is 2.65. The number of aryl methyl sites for hydroxylation is 2. The summed E-state index contributed by atoms with van der Waals surface area (Å²) in [6.07, 6.45) is 2.13. The molecule has 0 saturated heterocycles. The third kappa shape index (κ3) is 2.22.